The first-order valence-corrected chi connectivity index (χ1v) is 4.32. The van der Waals surface area contributed by atoms with Gasteiger partial charge in [0, 0.05) is 6.20 Å². The molecule has 0 saturated heterocycles. The van der Waals surface area contributed by atoms with Gasteiger partial charge in [0.25, 0.3) is 0 Å². The van der Waals surface area contributed by atoms with E-state index in [2.05, 4.69) is 5.10 Å². The summed E-state index contributed by atoms with van der Waals surface area (Å²) < 4.78 is 1.69. The van der Waals surface area contributed by atoms with Gasteiger partial charge in [0.15, 0.2) is 5.69 Å². The Morgan fingerprint density at radius 3 is 2.50 bits per heavy atom. The average molecular weight is 183 g/mol. The van der Waals surface area contributed by atoms with Crippen molar-refractivity contribution in [3.8, 4) is 11.8 Å². The number of rotatable bonds is 1. The van der Waals surface area contributed by atoms with Gasteiger partial charge in [-0.15, -0.1) is 0 Å². The van der Waals surface area contributed by atoms with Gasteiger partial charge < -0.3 is 0 Å². The van der Waals surface area contributed by atoms with E-state index in [1.807, 2.05) is 37.3 Å². The molecule has 1 aromatic heterocycles. The largest absolute Gasteiger partial charge is 0.240 e. The van der Waals surface area contributed by atoms with E-state index in [1.54, 1.807) is 16.9 Å². The molecule has 0 unspecified atom stereocenters. The molecule has 0 spiro atoms. The molecule has 1 heterocycles. The van der Waals surface area contributed by atoms with Gasteiger partial charge in [-0.2, -0.15) is 10.4 Å². The summed E-state index contributed by atoms with van der Waals surface area (Å²) in [4.78, 5) is 0. The maximum absolute atomic E-state index is 8.62. The number of benzene rings is 1. The van der Waals surface area contributed by atoms with Crippen LogP contribution in [0.15, 0.2) is 36.5 Å². The van der Waals surface area contributed by atoms with Crippen LogP contribution in [0.5, 0.6) is 0 Å². The molecule has 0 aliphatic rings. The third-order valence-electron chi connectivity index (χ3n) is 2.00. The summed E-state index contributed by atoms with van der Waals surface area (Å²) in [5.41, 5.74) is 2.61. The fourth-order valence-electron chi connectivity index (χ4n) is 1.22. The minimum atomic E-state index is 0.436. The predicted molar refractivity (Wildman–Crippen MR) is 53.0 cm³/mol. The molecule has 3 nitrogen and oxygen atoms in total. The maximum Gasteiger partial charge on any atom is 0.162 e. The van der Waals surface area contributed by atoms with Crippen molar-refractivity contribution in [2.45, 2.75) is 6.92 Å². The summed E-state index contributed by atoms with van der Waals surface area (Å²) in [6.45, 7) is 2.04. The lowest BCUT2D eigenvalue weighted by molar-refractivity contribution is 0.873. The van der Waals surface area contributed by atoms with Crippen LogP contribution in [0.25, 0.3) is 5.69 Å². The zero-order chi connectivity index (χ0) is 9.97. The smallest absolute Gasteiger partial charge is 0.162 e. The summed E-state index contributed by atoms with van der Waals surface area (Å²) in [6, 6.07) is 11.7. The van der Waals surface area contributed by atoms with Gasteiger partial charge in [-0.3, -0.25) is 0 Å². The minimum absolute atomic E-state index is 0.436. The van der Waals surface area contributed by atoms with Gasteiger partial charge in [0.05, 0.1) is 5.69 Å². The Bertz CT molecular complexity index is 474. The molecule has 1 aromatic carbocycles. The van der Waals surface area contributed by atoms with E-state index in [1.165, 1.54) is 5.56 Å². The molecule has 0 aliphatic carbocycles. The van der Waals surface area contributed by atoms with Crippen LogP contribution in [0.4, 0.5) is 0 Å². The monoisotopic (exact) mass is 183 g/mol. The van der Waals surface area contributed by atoms with Gasteiger partial charge >= 0.3 is 0 Å². The number of nitrogens with zero attached hydrogens (tertiary/aromatic N) is 3. The molecule has 68 valence electrons. The fourth-order valence-corrected chi connectivity index (χ4v) is 1.22. The van der Waals surface area contributed by atoms with Crippen molar-refractivity contribution in [3.05, 3.63) is 47.8 Å². The highest BCUT2D eigenvalue weighted by atomic mass is 15.3. The molecule has 0 N–H and O–H groups in total. The van der Waals surface area contributed by atoms with Gasteiger partial charge in [-0.1, -0.05) is 17.7 Å². The second kappa shape index (κ2) is 3.35. The molecule has 0 radical (unpaired) electrons. The first-order chi connectivity index (χ1) is 6.79. The molecule has 3 heteroatoms. The molecule has 0 atom stereocenters. The molecular formula is C11H9N3. The van der Waals surface area contributed by atoms with E-state index in [9.17, 15) is 0 Å². The lowest BCUT2D eigenvalue weighted by Gasteiger charge is -2.00. The molecule has 0 amide bonds. The number of nitriles is 1. The van der Waals surface area contributed by atoms with Gasteiger partial charge in [-0.25, -0.2) is 4.68 Å². The first kappa shape index (κ1) is 8.52. The molecular weight excluding hydrogens is 174 g/mol. The Balaban J connectivity index is 2.40. The van der Waals surface area contributed by atoms with Crippen LogP contribution in [0.3, 0.4) is 0 Å². The Labute approximate surface area is 82.2 Å². The van der Waals surface area contributed by atoms with Crippen molar-refractivity contribution >= 4 is 0 Å². The van der Waals surface area contributed by atoms with E-state index >= 15 is 0 Å². The average Bonchev–Trinajstić information content (AvgIpc) is 2.67. The first-order valence-electron chi connectivity index (χ1n) is 4.32. The van der Waals surface area contributed by atoms with E-state index in [0.29, 0.717) is 5.69 Å². The standard InChI is InChI=1S/C11H9N3/c1-9-2-4-11(5-3-9)14-7-6-10(8-12)13-14/h2-7H,1H3. The van der Waals surface area contributed by atoms with Crippen LogP contribution in [-0.4, -0.2) is 9.78 Å². The lowest BCUT2D eigenvalue weighted by Crippen LogP contribution is -1.94. The Morgan fingerprint density at radius 2 is 1.93 bits per heavy atom. The summed E-state index contributed by atoms with van der Waals surface area (Å²) in [5, 5.41) is 12.7. The van der Waals surface area contributed by atoms with Gasteiger partial charge in [-0.05, 0) is 25.1 Å². The summed E-state index contributed by atoms with van der Waals surface area (Å²) in [7, 11) is 0. The number of hydrogen-bond donors (Lipinski definition) is 0. The minimum Gasteiger partial charge on any atom is -0.240 e. The molecule has 2 aromatic rings. The van der Waals surface area contributed by atoms with Crippen LogP contribution in [-0.2, 0) is 0 Å². The molecule has 0 fully saturated rings. The van der Waals surface area contributed by atoms with Crippen LogP contribution < -0.4 is 0 Å². The molecule has 0 bridgehead atoms. The Kier molecular flexibility index (Phi) is 2.04. The van der Waals surface area contributed by atoms with Crippen molar-refractivity contribution in [1.82, 2.24) is 9.78 Å². The Hall–Kier alpha value is -2.08. The number of aryl methyl sites for hydroxylation is 1. The Morgan fingerprint density at radius 1 is 1.21 bits per heavy atom. The van der Waals surface area contributed by atoms with Crippen LogP contribution >= 0.6 is 0 Å². The molecule has 2 rings (SSSR count). The highest BCUT2D eigenvalue weighted by molar-refractivity contribution is 5.34. The number of hydrogen-bond acceptors (Lipinski definition) is 2. The van der Waals surface area contributed by atoms with Crippen LogP contribution in [0, 0.1) is 18.3 Å². The summed E-state index contributed by atoms with van der Waals surface area (Å²) in [5.74, 6) is 0. The maximum atomic E-state index is 8.62. The van der Waals surface area contributed by atoms with Crippen molar-refractivity contribution in [1.29, 1.82) is 5.26 Å². The second-order valence-corrected chi connectivity index (χ2v) is 3.09. The summed E-state index contributed by atoms with van der Waals surface area (Å²) >= 11 is 0. The van der Waals surface area contributed by atoms with E-state index in [4.69, 9.17) is 5.26 Å². The van der Waals surface area contributed by atoms with Crippen molar-refractivity contribution in [3.63, 3.8) is 0 Å². The third-order valence-corrected chi connectivity index (χ3v) is 2.00. The molecule has 14 heavy (non-hydrogen) atoms. The third kappa shape index (κ3) is 1.50. The van der Waals surface area contributed by atoms with Crippen molar-refractivity contribution in [2.75, 3.05) is 0 Å². The van der Waals surface area contributed by atoms with Crippen molar-refractivity contribution in [2.24, 2.45) is 0 Å². The van der Waals surface area contributed by atoms with E-state index in [-0.39, 0.29) is 0 Å². The van der Waals surface area contributed by atoms with E-state index in [0.717, 1.165) is 5.69 Å². The van der Waals surface area contributed by atoms with Gasteiger partial charge in [0.2, 0.25) is 0 Å². The zero-order valence-electron chi connectivity index (χ0n) is 7.81. The summed E-state index contributed by atoms with van der Waals surface area (Å²) in [6.07, 6.45) is 1.78. The van der Waals surface area contributed by atoms with Gasteiger partial charge in [0.1, 0.15) is 6.07 Å². The van der Waals surface area contributed by atoms with Crippen LogP contribution in [0.1, 0.15) is 11.3 Å². The zero-order valence-corrected chi connectivity index (χ0v) is 7.81. The topological polar surface area (TPSA) is 41.6 Å². The normalized spacial score (nSPS) is 9.71. The fraction of sp³-hybridized carbons (Fsp3) is 0.0909. The highest BCUT2D eigenvalue weighted by Gasteiger charge is 1.98. The molecule has 0 saturated carbocycles. The van der Waals surface area contributed by atoms with Crippen molar-refractivity contribution < 1.29 is 0 Å². The SMILES string of the molecule is Cc1ccc(-n2ccc(C#N)n2)cc1. The van der Waals surface area contributed by atoms with E-state index < -0.39 is 0 Å². The quantitative estimate of drug-likeness (QED) is 0.679. The second-order valence-electron chi connectivity index (χ2n) is 3.09. The predicted octanol–water partition coefficient (Wildman–Crippen LogP) is 2.05. The highest BCUT2D eigenvalue weighted by Crippen LogP contribution is 2.08. The number of aromatic nitrogens is 2. The van der Waals surface area contributed by atoms with Crippen LogP contribution in [0.2, 0.25) is 0 Å². The molecule has 0 aliphatic heterocycles. The lowest BCUT2D eigenvalue weighted by atomic mass is 10.2.